The molecule has 0 radical (unpaired) electrons. The summed E-state index contributed by atoms with van der Waals surface area (Å²) >= 11 is 9.68. The van der Waals surface area contributed by atoms with Crippen LogP contribution in [0.15, 0.2) is 22.7 Å². The van der Waals surface area contributed by atoms with Crippen molar-refractivity contribution in [3.63, 3.8) is 0 Å². The van der Waals surface area contributed by atoms with Crippen molar-refractivity contribution in [2.75, 3.05) is 13.1 Å². The Morgan fingerprint density at radius 3 is 2.43 bits per heavy atom. The average Bonchev–Trinajstić information content (AvgIpc) is 2.94. The van der Waals surface area contributed by atoms with Gasteiger partial charge >= 0.3 is 0 Å². The summed E-state index contributed by atoms with van der Waals surface area (Å²) in [5, 5.41) is 0.672. The lowest BCUT2D eigenvalue weighted by Crippen LogP contribution is -2.53. The molecule has 1 saturated carbocycles. The number of hydrogen-bond donors (Lipinski definition) is 0. The first-order valence-corrected chi connectivity index (χ1v) is 8.93. The van der Waals surface area contributed by atoms with E-state index in [0.717, 1.165) is 48.8 Å². The van der Waals surface area contributed by atoms with Crippen LogP contribution in [0.4, 0.5) is 0 Å². The molecule has 0 N–H and O–H groups in total. The molecule has 0 bridgehead atoms. The van der Waals surface area contributed by atoms with E-state index in [1.807, 2.05) is 18.2 Å². The van der Waals surface area contributed by atoms with E-state index in [1.165, 1.54) is 0 Å². The molecule has 21 heavy (non-hydrogen) atoms. The number of Topliss-reactive ketones (excluding diaryl/α,β-unsaturated/α-hetero) is 1. The number of benzene rings is 1. The van der Waals surface area contributed by atoms with Crippen molar-refractivity contribution in [3.05, 3.63) is 33.3 Å². The molecule has 1 aliphatic carbocycles. The summed E-state index contributed by atoms with van der Waals surface area (Å²) in [6.45, 7) is 6.14. The number of ketones is 1. The smallest absolute Gasteiger partial charge is 0.157 e. The summed E-state index contributed by atoms with van der Waals surface area (Å²) in [5.41, 5.74) is 0.670. The summed E-state index contributed by atoms with van der Waals surface area (Å²) in [6, 6.07) is 5.77. The zero-order chi connectivity index (χ0) is 15.5. The van der Waals surface area contributed by atoms with Crippen LogP contribution < -0.4 is 0 Å². The predicted octanol–water partition coefficient (Wildman–Crippen LogP) is 4.87. The molecule has 2 rings (SSSR count). The first kappa shape index (κ1) is 17.0. The van der Waals surface area contributed by atoms with Crippen molar-refractivity contribution in [2.45, 2.75) is 51.5 Å². The van der Waals surface area contributed by atoms with E-state index in [4.69, 9.17) is 11.6 Å². The monoisotopic (exact) mass is 371 g/mol. The van der Waals surface area contributed by atoms with Crippen molar-refractivity contribution in [2.24, 2.45) is 0 Å². The van der Waals surface area contributed by atoms with Gasteiger partial charge in [-0.2, -0.15) is 0 Å². The lowest BCUT2D eigenvalue weighted by Gasteiger charge is -2.39. The third-order valence-electron chi connectivity index (χ3n) is 4.68. The van der Waals surface area contributed by atoms with Crippen LogP contribution in [0.3, 0.4) is 0 Å². The standard InChI is InChI=1S/C17H23BrClNO/c1-3-20(4-2)17(9-5-6-10-17)16(21)11-13-7-8-14(18)12-15(13)19/h7-8,12H,3-6,9-11H2,1-2H3. The molecule has 1 fully saturated rings. The Morgan fingerprint density at radius 1 is 1.29 bits per heavy atom. The third kappa shape index (κ3) is 3.52. The summed E-state index contributed by atoms with van der Waals surface area (Å²) in [6.07, 6.45) is 4.71. The van der Waals surface area contributed by atoms with E-state index in [-0.39, 0.29) is 5.54 Å². The zero-order valence-electron chi connectivity index (χ0n) is 12.8. The van der Waals surface area contributed by atoms with E-state index < -0.39 is 0 Å². The molecule has 0 unspecified atom stereocenters. The van der Waals surface area contributed by atoms with Gasteiger partial charge in [0.1, 0.15) is 0 Å². The van der Waals surface area contributed by atoms with E-state index in [9.17, 15) is 4.79 Å². The van der Waals surface area contributed by atoms with Gasteiger partial charge in [-0.25, -0.2) is 0 Å². The van der Waals surface area contributed by atoms with Gasteiger partial charge in [0.05, 0.1) is 5.54 Å². The van der Waals surface area contributed by atoms with Crippen molar-refractivity contribution in [3.8, 4) is 0 Å². The minimum atomic E-state index is -0.264. The van der Waals surface area contributed by atoms with Crippen LogP contribution in [-0.4, -0.2) is 29.3 Å². The Morgan fingerprint density at radius 2 is 1.90 bits per heavy atom. The lowest BCUT2D eigenvalue weighted by molar-refractivity contribution is -0.130. The second kappa shape index (κ2) is 7.26. The third-order valence-corrected chi connectivity index (χ3v) is 5.53. The number of nitrogens with zero attached hydrogens (tertiary/aromatic N) is 1. The van der Waals surface area contributed by atoms with Crippen molar-refractivity contribution in [1.82, 2.24) is 4.90 Å². The maximum Gasteiger partial charge on any atom is 0.157 e. The second-order valence-corrected chi connectivity index (χ2v) is 7.07. The molecule has 0 saturated heterocycles. The minimum Gasteiger partial charge on any atom is -0.297 e. The normalized spacial score (nSPS) is 17.4. The van der Waals surface area contributed by atoms with Gasteiger partial charge < -0.3 is 0 Å². The van der Waals surface area contributed by atoms with E-state index in [1.54, 1.807) is 0 Å². The average molecular weight is 373 g/mol. The van der Waals surface area contributed by atoms with Crippen LogP contribution in [0, 0.1) is 0 Å². The first-order valence-electron chi connectivity index (χ1n) is 7.75. The Kier molecular flexibility index (Phi) is 5.87. The van der Waals surface area contributed by atoms with E-state index >= 15 is 0 Å². The van der Waals surface area contributed by atoms with Gasteiger partial charge in [0.2, 0.25) is 0 Å². The van der Waals surface area contributed by atoms with Gasteiger partial charge in [0, 0.05) is 15.9 Å². The molecular formula is C17H23BrClNO. The van der Waals surface area contributed by atoms with Crippen LogP contribution >= 0.6 is 27.5 Å². The Balaban J connectivity index is 2.23. The minimum absolute atomic E-state index is 0.264. The highest BCUT2D eigenvalue weighted by Crippen LogP contribution is 2.37. The van der Waals surface area contributed by atoms with Crippen LogP contribution in [0.5, 0.6) is 0 Å². The van der Waals surface area contributed by atoms with E-state index in [0.29, 0.717) is 17.2 Å². The number of carbonyl (C=O) groups excluding carboxylic acids is 1. The fourth-order valence-corrected chi connectivity index (χ4v) is 4.30. The topological polar surface area (TPSA) is 20.3 Å². The highest BCUT2D eigenvalue weighted by atomic mass is 79.9. The van der Waals surface area contributed by atoms with Gasteiger partial charge in [-0.3, -0.25) is 9.69 Å². The number of hydrogen-bond acceptors (Lipinski definition) is 2. The van der Waals surface area contributed by atoms with Crippen LogP contribution in [0.1, 0.15) is 45.1 Å². The maximum absolute atomic E-state index is 13.0. The molecular weight excluding hydrogens is 350 g/mol. The summed E-state index contributed by atoms with van der Waals surface area (Å²) in [7, 11) is 0. The highest BCUT2D eigenvalue weighted by Gasteiger charge is 2.44. The maximum atomic E-state index is 13.0. The number of carbonyl (C=O) groups is 1. The molecule has 0 atom stereocenters. The van der Waals surface area contributed by atoms with Gasteiger partial charge in [0.15, 0.2) is 5.78 Å². The molecule has 1 aromatic carbocycles. The zero-order valence-corrected chi connectivity index (χ0v) is 15.1. The molecule has 0 amide bonds. The van der Waals surface area contributed by atoms with Gasteiger partial charge in [-0.15, -0.1) is 0 Å². The number of halogens is 2. The van der Waals surface area contributed by atoms with Gasteiger partial charge in [-0.1, -0.05) is 60.3 Å². The largest absolute Gasteiger partial charge is 0.297 e. The number of rotatable bonds is 6. The molecule has 2 nitrogen and oxygen atoms in total. The van der Waals surface area contributed by atoms with Crippen LogP contribution in [0.2, 0.25) is 5.02 Å². The molecule has 0 heterocycles. The Bertz CT molecular complexity index is 508. The molecule has 0 aliphatic heterocycles. The summed E-state index contributed by atoms with van der Waals surface area (Å²) in [5.74, 6) is 0.327. The number of likely N-dealkylation sites (N-methyl/N-ethyl adjacent to an activating group) is 1. The molecule has 116 valence electrons. The van der Waals surface area contributed by atoms with Crippen molar-refractivity contribution in [1.29, 1.82) is 0 Å². The molecule has 4 heteroatoms. The van der Waals surface area contributed by atoms with Crippen LogP contribution in [-0.2, 0) is 11.2 Å². The van der Waals surface area contributed by atoms with E-state index in [2.05, 4.69) is 34.7 Å². The fraction of sp³-hybridized carbons (Fsp3) is 0.588. The summed E-state index contributed by atoms with van der Waals surface area (Å²) in [4.78, 5) is 15.4. The Labute approximate surface area is 141 Å². The predicted molar refractivity (Wildman–Crippen MR) is 92.0 cm³/mol. The first-order chi connectivity index (χ1) is 10.0. The van der Waals surface area contributed by atoms with Gasteiger partial charge in [-0.05, 0) is 43.6 Å². The second-order valence-electron chi connectivity index (χ2n) is 5.75. The Hall–Kier alpha value is -0.380. The SMILES string of the molecule is CCN(CC)C1(C(=O)Cc2ccc(Br)cc2Cl)CCCC1. The van der Waals surface area contributed by atoms with Gasteiger partial charge in [0.25, 0.3) is 0 Å². The molecule has 0 spiro atoms. The molecule has 1 aromatic rings. The highest BCUT2D eigenvalue weighted by molar-refractivity contribution is 9.10. The fourth-order valence-electron chi connectivity index (χ4n) is 3.56. The van der Waals surface area contributed by atoms with Crippen molar-refractivity contribution >= 4 is 33.3 Å². The lowest BCUT2D eigenvalue weighted by atomic mass is 9.86. The molecule has 0 aromatic heterocycles. The molecule has 1 aliphatic rings. The van der Waals surface area contributed by atoms with Crippen LogP contribution in [0.25, 0.3) is 0 Å². The quantitative estimate of drug-likeness (QED) is 0.710. The summed E-state index contributed by atoms with van der Waals surface area (Å²) < 4.78 is 0.947. The van der Waals surface area contributed by atoms with Crippen molar-refractivity contribution < 1.29 is 4.79 Å².